The van der Waals surface area contributed by atoms with Gasteiger partial charge in [0, 0.05) is 34.7 Å². The Morgan fingerprint density at radius 2 is 1.79 bits per heavy atom. The molecule has 0 saturated carbocycles. The second kappa shape index (κ2) is 3.94. The van der Waals surface area contributed by atoms with E-state index in [9.17, 15) is 5.26 Å². The van der Waals surface area contributed by atoms with Gasteiger partial charge < -0.3 is 5.73 Å². The maximum absolute atomic E-state index is 9.19. The molecule has 0 atom stereocenters. The lowest BCUT2D eigenvalue weighted by atomic mass is 10.0. The predicted octanol–water partition coefficient (Wildman–Crippen LogP) is 2.11. The molecule has 3 rings (SSSR count). The second-order valence-electron chi connectivity index (χ2n) is 4.05. The fourth-order valence-electron chi connectivity index (χ4n) is 2.13. The van der Waals surface area contributed by atoms with E-state index in [0.29, 0.717) is 22.2 Å². The molecule has 5 nitrogen and oxygen atoms in total. The average molecular weight is 245 g/mol. The van der Waals surface area contributed by atoms with Crippen LogP contribution in [-0.4, -0.2) is 9.97 Å². The van der Waals surface area contributed by atoms with Gasteiger partial charge in [0.1, 0.15) is 6.07 Å². The molecule has 0 fully saturated rings. The molecule has 0 spiro atoms. The number of benzene rings is 1. The number of nitriles is 2. The largest absolute Gasteiger partial charge is 0.397 e. The summed E-state index contributed by atoms with van der Waals surface area (Å²) < 4.78 is 0. The molecule has 0 bridgehead atoms. The summed E-state index contributed by atoms with van der Waals surface area (Å²) in [4.78, 5) is 8.32. The molecule has 2 N–H and O–H groups in total. The van der Waals surface area contributed by atoms with Gasteiger partial charge in [0.05, 0.1) is 28.4 Å². The number of aromatic nitrogens is 2. The molecular formula is C14H7N5. The molecule has 0 aliphatic carbocycles. The monoisotopic (exact) mass is 245 g/mol. The molecule has 0 aliphatic rings. The van der Waals surface area contributed by atoms with Gasteiger partial charge in [-0.05, 0) is 12.1 Å². The smallest absolute Gasteiger partial charge is 0.103 e. The van der Waals surface area contributed by atoms with Crippen LogP contribution in [0.1, 0.15) is 11.1 Å². The number of anilines is 1. The molecule has 0 aliphatic heterocycles. The first kappa shape index (κ1) is 10.9. The summed E-state index contributed by atoms with van der Waals surface area (Å²) in [5.74, 6) is 0. The summed E-state index contributed by atoms with van der Waals surface area (Å²) in [6, 6.07) is 7.58. The Balaban J connectivity index is 2.66. The number of hydrogen-bond donors (Lipinski definition) is 1. The van der Waals surface area contributed by atoms with Crippen molar-refractivity contribution >= 4 is 27.4 Å². The van der Waals surface area contributed by atoms with Crippen LogP contribution in [0.4, 0.5) is 5.69 Å². The Bertz CT molecular complexity index is 899. The summed E-state index contributed by atoms with van der Waals surface area (Å²) in [5, 5.41) is 20.4. The zero-order chi connectivity index (χ0) is 13.4. The number of rotatable bonds is 0. The molecule has 5 heteroatoms. The highest BCUT2D eigenvalue weighted by Gasteiger charge is 2.11. The fraction of sp³-hybridized carbons (Fsp3) is 0. The van der Waals surface area contributed by atoms with Crippen molar-refractivity contribution in [2.24, 2.45) is 0 Å². The normalized spacial score (nSPS) is 10.2. The summed E-state index contributed by atoms with van der Waals surface area (Å²) in [7, 11) is 0. The van der Waals surface area contributed by atoms with Gasteiger partial charge in [-0.1, -0.05) is 0 Å². The lowest BCUT2D eigenvalue weighted by Gasteiger charge is -2.01. The van der Waals surface area contributed by atoms with Crippen molar-refractivity contribution in [2.75, 3.05) is 5.73 Å². The SMILES string of the molecule is N#Cc1cncc2c(cc(C#N)c3ccnc32)c1N. The molecule has 0 unspecified atom stereocenters. The number of nitrogen functional groups attached to an aromatic ring is 1. The van der Waals surface area contributed by atoms with Crippen molar-refractivity contribution in [3.8, 4) is 12.1 Å². The summed E-state index contributed by atoms with van der Waals surface area (Å²) >= 11 is 0. The highest BCUT2D eigenvalue weighted by atomic mass is 14.7. The van der Waals surface area contributed by atoms with Gasteiger partial charge >= 0.3 is 0 Å². The zero-order valence-electron chi connectivity index (χ0n) is 9.75. The maximum Gasteiger partial charge on any atom is 0.103 e. The van der Waals surface area contributed by atoms with Crippen LogP contribution in [0.2, 0.25) is 0 Å². The minimum absolute atomic E-state index is 0.282. The van der Waals surface area contributed by atoms with Crippen LogP contribution in [0.15, 0.2) is 30.7 Å². The number of nitrogens with zero attached hydrogens (tertiary/aromatic N) is 4. The van der Waals surface area contributed by atoms with Crippen LogP contribution in [-0.2, 0) is 0 Å². The third-order valence-electron chi connectivity index (χ3n) is 3.05. The summed E-state index contributed by atoms with van der Waals surface area (Å²) in [6.45, 7) is 0. The lowest BCUT2D eigenvalue weighted by Crippen LogP contribution is -1.90. The number of hydrogen-bond acceptors (Lipinski definition) is 5. The van der Waals surface area contributed by atoms with E-state index in [-0.39, 0.29) is 5.56 Å². The topological polar surface area (TPSA) is 99.4 Å². The molecule has 3 aromatic rings. The molecule has 19 heavy (non-hydrogen) atoms. The van der Waals surface area contributed by atoms with E-state index in [2.05, 4.69) is 16.0 Å². The molecule has 1 aromatic carbocycles. The van der Waals surface area contributed by atoms with Crippen molar-refractivity contribution < 1.29 is 0 Å². The quantitative estimate of drug-likeness (QED) is 0.653. The van der Waals surface area contributed by atoms with E-state index < -0.39 is 0 Å². The van der Waals surface area contributed by atoms with E-state index in [0.717, 1.165) is 10.8 Å². The first-order valence-corrected chi connectivity index (χ1v) is 5.51. The van der Waals surface area contributed by atoms with E-state index in [1.807, 2.05) is 6.07 Å². The fourth-order valence-corrected chi connectivity index (χ4v) is 2.13. The number of nitrogens with two attached hydrogens (primary N) is 1. The third kappa shape index (κ3) is 1.46. The first-order valence-electron chi connectivity index (χ1n) is 5.51. The third-order valence-corrected chi connectivity index (χ3v) is 3.05. The predicted molar refractivity (Wildman–Crippen MR) is 70.9 cm³/mol. The van der Waals surface area contributed by atoms with E-state index >= 15 is 0 Å². The summed E-state index contributed by atoms with van der Waals surface area (Å²) in [6.07, 6.45) is 4.67. The highest BCUT2D eigenvalue weighted by molar-refractivity contribution is 6.11. The van der Waals surface area contributed by atoms with E-state index in [1.165, 1.54) is 6.20 Å². The molecule has 2 heterocycles. The van der Waals surface area contributed by atoms with Crippen LogP contribution >= 0.6 is 0 Å². The van der Waals surface area contributed by atoms with Crippen molar-refractivity contribution in [3.63, 3.8) is 0 Å². The van der Waals surface area contributed by atoms with Crippen molar-refractivity contribution in [2.45, 2.75) is 0 Å². The van der Waals surface area contributed by atoms with E-state index in [4.69, 9.17) is 11.0 Å². The van der Waals surface area contributed by atoms with Crippen LogP contribution in [0.5, 0.6) is 0 Å². The standard InChI is InChI=1S/C14H7N5/c15-4-8-3-11-12(14-10(8)1-2-19-14)7-18-6-9(5-16)13(11)17/h1-3,6-7H,17H2. The highest BCUT2D eigenvalue weighted by Crippen LogP contribution is 2.30. The van der Waals surface area contributed by atoms with Gasteiger partial charge in [-0.25, -0.2) is 0 Å². The van der Waals surface area contributed by atoms with Gasteiger partial charge in [-0.15, -0.1) is 0 Å². The van der Waals surface area contributed by atoms with Crippen molar-refractivity contribution in [1.82, 2.24) is 9.97 Å². The molecule has 2 aromatic heterocycles. The molecular weight excluding hydrogens is 238 g/mol. The molecule has 0 radical (unpaired) electrons. The molecule has 88 valence electrons. The second-order valence-corrected chi connectivity index (χ2v) is 4.05. The van der Waals surface area contributed by atoms with Crippen LogP contribution in [0, 0.1) is 22.7 Å². The Labute approximate surface area is 108 Å². The number of fused-ring (bicyclic) bond motifs is 3. The molecule has 0 saturated heterocycles. The minimum atomic E-state index is 0.282. The van der Waals surface area contributed by atoms with Gasteiger partial charge in [0.25, 0.3) is 0 Å². The first-order chi connectivity index (χ1) is 9.26. The maximum atomic E-state index is 9.19. The van der Waals surface area contributed by atoms with Crippen LogP contribution in [0.25, 0.3) is 21.7 Å². The average Bonchev–Trinajstić information content (AvgIpc) is 2.86. The van der Waals surface area contributed by atoms with Crippen LogP contribution in [0.3, 0.4) is 0 Å². The van der Waals surface area contributed by atoms with Crippen molar-refractivity contribution in [1.29, 1.82) is 10.5 Å². The van der Waals surface area contributed by atoms with E-state index in [1.54, 1.807) is 24.5 Å². The summed E-state index contributed by atoms with van der Waals surface area (Å²) in [5.41, 5.74) is 7.75. The van der Waals surface area contributed by atoms with Gasteiger partial charge in [0.15, 0.2) is 0 Å². The Morgan fingerprint density at radius 1 is 1.00 bits per heavy atom. The van der Waals surface area contributed by atoms with Gasteiger partial charge in [-0.3, -0.25) is 9.97 Å². The van der Waals surface area contributed by atoms with Crippen LogP contribution < -0.4 is 5.73 Å². The lowest BCUT2D eigenvalue weighted by molar-refractivity contribution is 1.36. The molecule has 0 amide bonds. The minimum Gasteiger partial charge on any atom is -0.397 e. The van der Waals surface area contributed by atoms with Crippen molar-refractivity contribution in [3.05, 3.63) is 41.9 Å². The Morgan fingerprint density at radius 3 is 2.53 bits per heavy atom. The van der Waals surface area contributed by atoms with Gasteiger partial charge in [0.2, 0.25) is 0 Å². The Hall–Kier alpha value is -3.18. The van der Waals surface area contributed by atoms with Gasteiger partial charge in [-0.2, -0.15) is 10.5 Å². The Kier molecular flexibility index (Phi) is 2.27. The zero-order valence-corrected chi connectivity index (χ0v) is 9.75.